The number of benzene rings is 1. The second-order valence-electron chi connectivity index (χ2n) is 6.13. The lowest BCUT2D eigenvalue weighted by Crippen LogP contribution is -2.27. The van der Waals surface area contributed by atoms with E-state index in [1.165, 1.54) is 0 Å². The van der Waals surface area contributed by atoms with E-state index in [4.69, 9.17) is 14.9 Å². The van der Waals surface area contributed by atoms with Crippen molar-refractivity contribution in [3.8, 4) is 5.75 Å². The van der Waals surface area contributed by atoms with Gasteiger partial charge in [0.15, 0.2) is 0 Å². The number of furan rings is 1. The Morgan fingerprint density at radius 1 is 1.27 bits per heavy atom. The molecule has 7 heteroatoms. The molecule has 1 aromatic heterocycles. The van der Waals surface area contributed by atoms with Gasteiger partial charge in [-0.25, -0.2) is 15.0 Å². The Hall–Kier alpha value is -3.09. The summed E-state index contributed by atoms with van der Waals surface area (Å²) in [5, 5.41) is 4.04. The van der Waals surface area contributed by atoms with Gasteiger partial charge in [0.1, 0.15) is 11.5 Å². The van der Waals surface area contributed by atoms with E-state index in [2.05, 4.69) is 17.5 Å². The molecule has 1 heterocycles. The average molecular weight is 355 g/mol. The molecule has 0 unspecified atom stereocenters. The van der Waals surface area contributed by atoms with Crippen molar-refractivity contribution in [2.45, 2.75) is 39.5 Å². The van der Waals surface area contributed by atoms with Gasteiger partial charge in [-0.2, -0.15) is 5.10 Å². The molecule has 2 aromatic rings. The van der Waals surface area contributed by atoms with Crippen molar-refractivity contribution in [2.75, 3.05) is 0 Å². The first-order valence-corrected chi connectivity index (χ1v) is 8.55. The van der Waals surface area contributed by atoms with Crippen molar-refractivity contribution in [1.29, 1.82) is 0 Å². The van der Waals surface area contributed by atoms with Gasteiger partial charge >= 0.3 is 12.0 Å². The first-order chi connectivity index (χ1) is 12.5. The van der Waals surface area contributed by atoms with Crippen LogP contribution in [-0.4, -0.2) is 17.7 Å². The molecule has 26 heavy (non-hydrogen) atoms. The van der Waals surface area contributed by atoms with E-state index in [-0.39, 0.29) is 5.76 Å². The topological polar surface area (TPSA) is 107 Å². The Morgan fingerprint density at radius 3 is 2.65 bits per heavy atom. The second-order valence-corrected chi connectivity index (χ2v) is 6.13. The van der Waals surface area contributed by atoms with E-state index in [1.807, 2.05) is 12.1 Å². The lowest BCUT2D eigenvalue weighted by atomic mass is 9.93. The van der Waals surface area contributed by atoms with E-state index >= 15 is 0 Å². The summed E-state index contributed by atoms with van der Waals surface area (Å²) < 4.78 is 11.2. The van der Waals surface area contributed by atoms with Gasteiger partial charge in [0.25, 0.3) is 0 Å². The van der Waals surface area contributed by atoms with Crippen LogP contribution >= 0.6 is 0 Å². The first-order valence-electron chi connectivity index (χ1n) is 8.55. The maximum Gasteiger partial charge on any atom is 0.379 e. The molecule has 0 bridgehead atoms. The lowest BCUT2D eigenvalue weighted by Gasteiger charge is -2.12. The van der Waals surface area contributed by atoms with Crippen molar-refractivity contribution in [1.82, 2.24) is 5.43 Å². The molecule has 0 aliphatic heterocycles. The average Bonchev–Trinajstić information content (AvgIpc) is 2.98. The standard InChI is InChI=1S/C19H21N3O4/c1-3-12-7-9-13(10-8-12)25-18(23)17-11(2)16-14(21-22-19(20)24)5-4-6-15(16)26-17/h7-10H,3-6H2,1-2H3,(H3,20,22,24)/b21-14+. The summed E-state index contributed by atoms with van der Waals surface area (Å²) in [4.78, 5) is 23.4. The molecule has 3 N–H and O–H groups in total. The van der Waals surface area contributed by atoms with Crippen molar-refractivity contribution in [2.24, 2.45) is 10.8 Å². The van der Waals surface area contributed by atoms with Crippen LogP contribution in [-0.2, 0) is 12.8 Å². The summed E-state index contributed by atoms with van der Waals surface area (Å²) in [5.74, 6) is 0.740. The highest BCUT2D eigenvalue weighted by molar-refractivity contribution is 6.06. The molecule has 3 rings (SSSR count). The summed E-state index contributed by atoms with van der Waals surface area (Å²) in [6.45, 7) is 3.84. The molecule has 1 aliphatic carbocycles. The van der Waals surface area contributed by atoms with Crippen LogP contribution in [0.5, 0.6) is 5.75 Å². The fourth-order valence-electron chi connectivity index (χ4n) is 3.04. The first kappa shape index (κ1) is 17.7. The number of ether oxygens (including phenoxy) is 1. The number of carbonyl (C=O) groups is 2. The Morgan fingerprint density at radius 2 is 2.00 bits per heavy atom. The van der Waals surface area contributed by atoms with E-state index in [1.54, 1.807) is 19.1 Å². The van der Waals surface area contributed by atoms with Crippen molar-refractivity contribution < 1.29 is 18.7 Å². The quantitative estimate of drug-likeness (QED) is 0.499. The zero-order chi connectivity index (χ0) is 18.7. The number of rotatable bonds is 4. The molecule has 0 spiro atoms. The SMILES string of the molecule is CCc1ccc(OC(=O)c2oc3c(c2C)/C(=N/NC(N)=O)CCC3)cc1. The Kier molecular flexibility index (Phi) is 5.06. The van der Waals surface area contributed by atoms with Gasteiger partial charge in [0.2, 0.25) is 5.76 Å². The third-order valence-corrected chi connectivity index (χ3v) is 4.35. The Balaban J connectivity index is 1.85. The molecular formula is C19H21N3O4. The van der Waals surface area contributed by atoms with Gasteiger partial charge in [-0.15, -0.1) is 0 Å². The monoisotopic (exact) mass is 355 g/mol. The predicted octanol–water partition coefficient (Wildman–Crippen LogP) is 3.08. The van der Waals surface area contributed by atoms with Gasteiger partial charge in [-0.3, -0.25) is 0 Å². The van der Waals surface area contributed by atoms with Crippen LogP contribution in [0.3, 0.4) is 0 Å². The molecule has 0 saturated carbocycles. The van der Waals surface area contributed by atoms with Crippen LogP contribution < -0.4 is 15.9 Å². The van der Waals surface area contributed by atoms with Crippen LogP contribution in [0, 0.1) is 6.92 Å². The van der Waals surface area contributed by atoms with Crippen LogP contribution in [0.15, 0.2) is 33.8 Å². The van der Waals surface area contributed by atoms with Crippen LogP contribution in [0.2, 0.25) is 0 Å². The van der Waals surface area contributed by atoms with Crippen molar-refractivity contribution >= 4 is 17.7 Å². The largest absolute Gasteiger partial charge is 0.453 e. The van der Waals surface area contributed by atoms with E-state index in [9.17, 15) is 9.59 Å². The maximum absolute atomic E-state index is 12.5. The smallest absolute Gasteiger partial charge is 0.379 e. The van der Waals surface area contributed by atoms with Crippen LogP contribution in [0.25, 0.3) is 0 Å². The van der Waals surface area contributed by atoms with Gasteiger partial charge in [-0.1, -0.05) is 19.1 Å². The number of aryl methyl sites for hydroxylation is 2. The van der Waals surface area contributed by atoms with E-state index in [0.29, 0.717) is 35.6 Å². The van der Waals surface area contributed by atoms with E-state index < -0.39 is 12.0 Å². The minimum atomic E-state index is -0.735. The van der Waals surface area contributed by atoms with Crippen molar-refractivity contribution in [3.63, 3.8) is 0 Å². The van der Waals surface area contributed by atoms with Crippen LogP contribution in [0.4, 0.5) is 4.79 Å². The maximum atomic E-state index is 12.5. The lowest BCUT2D eigenvalue weighted by molar-refractivity contribution is 0.0698. The van der Waals surface area contributed by atoms with Crippen LogP contribution in [0.1, 0.15) is 52.8 Å². The number of esters is 1. The Labute approximate surface area is 151 Å². The molecule has 0 saturated heterocycles. The molecule has 0 atom stereocenters. The number of carbonyl (C=O) groups excluding carboxylic acids is 2. The number of amides is 2. The second kappa shape index (κ2) is 7.43. The summed E-state index contributed by atoms with van der Waals surface area (Å²) in [6.07, 6.45) is 3.09. The highest BCUT2D eigenvalue weighted by atomic mass is 16.5. The zero-order valence-corrected chi connectivity index (χ0v) is 14.8. The molecule has 1 aliphatic rings. The van der Waals surface area contributed by atoms with Crippen molar-refractivity contribution in [3.05, 3.63) is 52.5 Å². The molecule has 2 amide bonds. The van der Waals surface area contributed by atoms with Gasteiger partial charge in [0, 0.05) is 17.5 Å². The highest BCUT2D eigenvalue weighted by Gasteiger charge is 2.29. The summed E-state index contributed by atoms with van der Waals surface area (Å²) in [5.41, 5.74) is 10.5. The molecule has 0 radical (unpaired) electrons. The van der Waals surface area contributed by atoms with E-state index in [0.717, 1.165) is 24.0 Å². The number of fused-ring (bicyclic) bond motifs is 1. The molecule has 7 nitrogen and oxygen atoms in total. The summed E-state index contributed by atoms with van der Waals surface area (Å²) in [7, 11) is 0. The number of urea groups is 1. The molecular weight excluding hydrogens is 334 g/mol. The normalized spacial score (nSPS) is 14.8. The minimum Gasteiger partial charge on any atom is -0.453 e. The minimum absolute atomic E-state index is 0.156. The highest BCUT2D eigenvalue weighted by Crippen LogP contribution is 2.30. The third-order valence-electron chi connectivity index (χ3n) is 4.35. The number of nitrogens with one attached hydrogen (secondary N) is 1. The van der Waals surface area contributed by atoms with Gasteiger partial charge < -0.3 is 14.9 Å². The molecule has 136 valence electrons. The number of hydrazone groups is 1. The Bertz CT molecular complexity index is 866. The number of nitrogens with zero attached hydrogens (tertiary/aromatic N) is 1. The number of hydrogen-bond acceptors (Lipinski definition) is 5. The number of nitrogens with two attached hydrogens (primary N) is 1. The van der Waals surface area contributed by atoms with Gasteiger partial charge in [0.05, 0.1) is 5.71 Å². The summed E-state index contributed by atoms with van der Waals surface area (Å²) >= 11 is 0. The fraction of sp³-hybridized carbons (Fsp3) is 0.316. The number of primary amides is 1. The zero-order valence-electron chi connectivity index (χ0n) is 14.8. The predicted molar refractivity (Wildman–Crippen MR) is 96.4 cm³/mol. The number of hydrogen-bond donors (Lipinski definition) is 2. The summed E-state index contributed by atoms with van der Waals surface area (Å²) in [6, 6.07) is 6.63. The molecule has 1 aromatic carbocycles. The fourth-order valence-corrected chi connectivity index (χ4v) is 3.04. The van der Waals surface area contributed by atoms with Gasteiger partial charge in [-0.05, 0) is 43.9 Å². The third kappa shape index (κ3) is 3.61. The molecule has 0 fully saturated rings.